The van der Waals surface area contributed by atoms with Gasteiger partial charge in [0.2, 0.25) is 0 Å². The summed E-state index contributed by atoms with van der Waals surface area (Å²) in [6, 6.07) is 0. The summed E-state index contributed by atoms with van der Waals surface area (Å²) in [4.78, 5) is 10.6. The number of hydrogen-bond acceptors (Lipinski definition) is 3. The summed E-state index contributed by atoms with van der Waals surface area (Å²) in [7, 11) is 0. The summed E-state index contributed by atoms with van der Waals surface area (Å²) in [5.74, 6) is 3.38. The number of rotatable bonds is 3. The minimum absolute atomic E-state index is 0.120. The average Bonchev–Trinajstić information content (AvgIpc) is 2.23. The third-order valence-corrected chi connectivity index (χ3v) is 6.40. The van der Waals surface area contributed by atoms with Gasteiger partial charge in [-0.25, -0.2) is 0 Å². The highest BCUT2D eigenvalue weighted by Crippen LogP contribution is 2.63. The van der Waals surface area contributed by atoms with E-state index in [4.69, 9.17) is 0 Å². The van der Waals surface area contributed by atoms with Crippen molar-refractivity contribution in [1.29, 1.82) is 0 Å². The Labute approximate surface area is 95.7 Å². The van der Waals surface area contributed by atoms with Crippen molar-refractivity contribution in [1.82, 2.24) is 0 Å². The maximum atomic E-state index is 10.6. The maximum absolute atomic E-state index is 10.6. The molecule has 0 unspecified atom stereocenters. The Morgan fingerprint density at radius 1 is 1.13 bits per heavy atom. The molecule has 0 aromatic carbocycles. The summed E-state index contributed by atoms with van der Waals surface area (Å²) >= 11 is 1.32. The van der Waals surface area contributed by atoms with Crippen molar-refractivity contribution in [3.63, 3.8) is 0 Å². The Balaban J connectivity index is 1.92. The van der Waals surface area contributed by atoms with E-state index in [9.17, 15) is 4.91 Å². The van der Waals surface area contributed by atoms with E-state index in [0.717, 1.165) is 30.1 Å². The molecule has 0 saturated heterocycles. The van der Waals surface area contributed by atoms with Crippen LogP contribution in [0.2, 0.25) is 0 Å². The van der Waals surface area contributed by atoms with Crippen LogP contribution < -0.4 is 0 Å². The molecule has 0 N–H and O–H groups in total. The van der Waals surface area contributed by atoms with Crippen molar-refractivity contribution in [2.45, 2.75) is 43.3 Å². The van der Waals surface area contributed by atoms with Crippen LogP contribution in [0.5, 0.6) is 0 Å². The van der Waals surface area contributed by atoms with Crippen LogP contribution in [0.15, 0.2) is 4.58 Å². The van der Waals surface area contributed by atoms with Crippen molar-refractivity contribution in [3.05, 3.63) is 11.8 Å². The third kappa shape index (κ3) is 1.31. The van der Waals surface area contributed by atoms with Gasteiger partial charge in [-0.2, -0.15) is 0 Å². The molecule has 4 aliphatic carbocycles. The predicted octanol–water partition coefficient (Wildman–Crippen LogP) is 3.82. The zero-order chi connectivity index (χ0) is 10.5. The molecular weight excluding hydrogens is 206 g/mol. The minimum atomic E-state index is 0.120. The van der Waals surface area contributed by atoms with Gasteiger partial charge < -0.3 is 0 Å². The lowest BCUT2D eigenvalue weighted by atomic mass is 9.51. The first-order valence-corrected chi connectivity index (χ1v) is 6.86. The molecule has 0 heterocycles. The fourth-order valence-corrected chi connectivity index (χ4v) is 5.57. The molecule has 15 heavy (non-hydrogen) atoms. The molecule has 0 aromatic heterocycles. The second kappa shape index (κ2) is 3.47. The quantitative estimate of drug-likeness (QED) is 0.538. The molecule has 4 rings (SSSR count). The highest BCUT2D eigenvalue weighted by atomic mass is 32.2. The number of nitrogens with zero attached hydrogens (tertiary/aromatic N) is 1. The smallest absolute Gasteiger partial charge is 0.0469 e. The molecule has 3 heteroatoms. The van der Waals surface area contributed by atoms with E-state index in [2.05, 4.69) is 11.5 Å². The Morgan fingerprint density at radius 2 is 1.67 bits per heavy atom. The first-order chi connectivity index (χ1) is 7.28. The van der Waals surface area contributed by atoms with Crippen LogP contribution in [-0.2, 0) is 0 Å². The van der Waals surface area contributed by atoms with Gasteiger partial charge in [0.05, 0.1) is 0 Å². The average molecular weight is 224 g/mol. The van der Waals surface area contributed by atoms with E-state index < -0.39 is 0 Å². The van der Waals surface area contributed by atoms with Crippen LogP contribution >= 0.6 is 11.9 Å². The zero-order valence-corrected chi connectivity index (χ0v) is 9.84. The monoisotopic (exact) mass is 224 g/mol. The van der Waals surface area contributed by atoms with Gasteiger partial charge in [-0.1, -0.05) is 6.92 Å². The van der Waals surface area contributed by atoms with Crippen LogP contribution in [0.4, 0.5) is 0 Å². The summed E-state index contributed by atoms with van der Waals surface area (Å²) in [6.45, 7) is 4.10. The molecule has 1 radical (unpaired) electrons. The third-order valence-electron chi connectivity index (χ3n) is 5.12. The Bertz CT molecular complexity index is 251. The van der Waals surface area contributed by atoms with Crippen molar-refractivity contribution in [3.8, 4) is 0 Å². The van der Waals surface area contributed by atoms with Gasteiger partial charge in [0.15, 0.2) is 0 Å². The molecule has 2 nitrogen and oxygen atoms in total. The van der Waals surface area contributed by atoms with E-state index in [1.165, 1.54) is 44.1 Å². The molecule has 4 fully saturated rings. The standard InChI is InChI=1S/C12H18NOS/c1-2-12(15-13-14)10-4-8-3-9(6-10)7-11(12)5-8/h8-11H,1-7H2. The number of hydrogen-bond donors (Lipinski definition) is 0. The van der Waals surface area contributed by atoms with Gasteiger partial charge in [0, 0.05) is 21.3 Å². The first kappa shape index (κ1) is 10.1. The largest absolute Gasteiger partial charge is 0.137 e. The van der Waals surface area contributed by atoms with Gasteiger partial charge in [-0.05, 0) is 62.2 Å². The highest BCUT2D eigenvalue weighted by Gasteiger charge is 2.57. The van der Waals surface area contributed by atoms with Crippen LogP contribution in [0.3, 0.4) is 0 Å². The molecule has 0 spiro atoms. The van der Waals surface area contributed by atoms with Gasteiger partial charge in [-0.3, -0.25) is 0 Å². The molecular formula is C12H18NOS. The normalized spacial score (nSPS) is 52.1. The van der Waals surface area contributed by atoms with Gasteiger partial charge >= 0.3 is 0 Å². The predicted molar refractivity (Wildman–Crippen MR) is 63.1 cm³/mol. The summed E-state index contributed by atoms with van der Waals surface area (Å²) < 4.78 is 3.27. The van der Waals surface area contributed by atoms with Crippen molar-refractivity contribution < 1.29 is 0 Å². The lowest BCUT2D eigenvalue weighted by molar-refractivity contribution is -0.0157. The SMILES string of the molecule is [CH2]CC1(SN=O)C2CC3CC(C2)CC1C3. The molecule has 83 valence electrons. The maximum Gasteiger partial charge on any atom is 0.0469 e. The summed E-state index contributed by atoms with van der Waals surface area (Å²) in [5.41, 5.74) is 0. The highest BCUT2D eigenvalue weighted by molar-refractivity contribution is 7.99. The van der Waals surface area contributed by atoms with Crippen LogP contribution in [-0.4, -0.2) is 4.75 Å². The second-order valence-corrected chi connectivity index (χ2v) is 6.77. The van der Waals surface area contributed by atoms with E-state index in [0.29, 0.717) is 0 Å². The van der Waals surface area contributed by atoms with Gasteiger partial charge in [0.25, 0.3) is 0 Å². The molecule has 0 amide bonds. The molecule has 0 aliphatic heterocycles. The van der Waals surface area contributed by atoms with Crippen LogP contribution in [0, 0.1) is 35.5 Å². The van der Waals surface area contributed by atoms with Crippen LogP contribution in [0.25, 0.3) is 0 Å². The summed E-state index contributed by atoms with van der Waals surface area (Å²) in [6.07, 6.45) is 7.70. The molecule has 4 saturated carbocycles. The fraction of sp³-hybridized carbons (Fsp3) is 0.917. The lowest BCUT2D eigenvalue weighted by Gasteiger charge is -2.59. The van der Waals surface area contributed by atoms with Gasteiger partial charge in [0.1, 0.15) is 0 Å². The van der Waals surface area contributed by atoms with E-state index >= 15 is 0 Å². The molecule has 4 aliphatic rings. The van der Waals surface area contributed by atoms with Crippen molar-refractivity contribution in [2.24, 2.45) is 28.3 Å². The first-order valence-electron chi connectivity index (χ1n) is 6.08. The van der Waals surface area contributed by atoms with E-state index in [1.54, 1.807) is 0 Å². The Kier molecular flexibility index (Phi) is 2.35. The summed E-state index contributed by atoms with van der Waals surface area (Å²) in [5, 5.41) is 0. The second-order valence-electron chi connectivity index (χ2n) is 5.68. The molecule has 0 atom stereocenters. The Hall–Kier alpha value is -0.0500. The molecule has 4 bridgehead atoms. The van der Waals surface area contributed by atoms with Crippen LogP contribution in [0.1, 0.15) is 38.5 Å². The minimum Gasteiger partial charge on any atom is -0.137 e. The fourth-order valence-electron chi connectivity index (χ4n) is 4.65. The number of nitroso groups, excluding NO2 is 1. The molecule has 0 aromatic rings. The zero-order valence-electron chi connectivity index (χ0n) is 9.02. The van der Waals surface area contributed by atoms with Gasteiger partial charge in [-0.15, -0.1) is 4.91 Å². The topological polar surface area (TPSA) is 29.4 Å². The van der Waals surface area contributed by atoms with E-state index in [-0.39, 0.29) is 4.75 Å². The van der Waals surface area contributed by atoms with Crippen molar-refractivity contribution >= 4 is 11.9 Å². The van der Waals surface area contributed by atoms with E-state index in [1.807, 2.05) is 0 Å². The Morgan fingerprint density at radius 3 is 2.07 bits per heavy atom. The van der Waals surface area contributed by atoms with Crippen molar-refractivity contribution in [2.75, 3.05) is 0 Å². The lowest BCUT2D eigenvalue weighted by Crippen LogP contribution is -2.55.